The largest absolute Gasteiger partial charge is 0.364 e. The van der Waals surface area contributed by atoms with Crippen molar-refractivity contribution in [3.8, 4) is 0 Å². The third kappa shape index (κ3) is 2.32. The molecule has 5 heteroatoms. The summed E-state index contributed by atoms with van der Waals surface area (Å²) in [6.45, 7) is 0.698. The number of hydrogen-bond donors (Lipinski definition) is 2. The van der Waals surface area contributed by atoms with Gasteiger partial charge in [-0.1, -0.05) is 15.9 Å². The second-order valence-electron chi connectivity index (χ2n) is 2.79. The van der Waals surface area contributed by atoms with E-state index in [0.717, 1.165) is 16.0 Å². The fourth-order valence-corrected chi connectivity index (χ4v) is 1.41. The van der Waals surface area contributed by atoms with Gasteiger partial charge in [0.05, 0.1) is 12.2 Å². The van der Waals surface area contributed by atoms with Crippen LogP contribution in [0.2, 0.25) is 0 Å². The van der Waals surface area contributed by atoms with Crippen molar-refractivity contribution < 1.29 is 0 Å². The van der Waals surface area contributed by atoms with Crippen LogP contribution in [0.3, 0.4) is 0 Å². The molecule has 4 nitrogen and oxygen atoms in total. The SMILES string of the molecule is Brc1ccnc(NCc2ccn[nH]2)c1. The van der Waals surface area contributed by atoms with E-state index in [2.05, 4.69) is 36.4 Å². The van der Waals surface area contributed by atoms with Crippen molar-refractivity contribution in [2.24, 2.45) is 0 Å². The summed E-state index contributed by atoms with van der Waals surface area (Å²) in [5, 5.41) is 9.90. The lowest BCUT2D eigenvalue weighted by atomic mass is 10.4. The maximum absolute atomic E-state index is 4.16. The molecule has 72 valence electrons. The van der Waals surface area contributed by atoms with Crippen LogP contribution in [0, 0.1) is 0 Å². The average Bonchev–Trinajstić information content (AvgIpc) is 2.67. The standard InChI is InChI=1S/C9H9BrN4/c10-7-1-3-11-9(5-7)12-6-8-2-4-13-14-8/h1-5H,6H2,(H,11,12)(H,13,14). The van der Waals surface area contributed by atoms with E-state index >= 15 is 0 Å². The number of nitrogens with one attached hydrogen (secondary N) is 2. The monoisotopic (exact) mass is 252 g/mol. The minimum absolute atomic E-state index is 0.698. The summed E-state index contributed by atoms with van der Waals surface area (Å²) < 4.78 is 1.01. The number of aromatic amines is 1. The van der Waals surface area contributed by atoms with Gasteiger partial charge in [0.1, 0.15) is 5.82 Å². The Morgan fingerprint density at radius 3 is 3.00 bits per heavy atom. The number of nitrogens with zero attached hydrogens (tertiary/aromatic N) is 2. The molecule has 0 saturated carbocycles. The van der Waals surface area contributed by atoms with Crippen molar-refractivity contribution >= 4 is 21.7 Å². The summed E-state index contributed by atoms with van der Waals surface area (Å²) in [5.41, 5.74) is 1.03. The second-order valence-corrected chi connectivity index (χ2v) is 3.71. The van der Waals surface area contributed by atoms with E-state index in [1.54, 1.807) is 12.4 Å². The van der Waals surface area contributed by atoms with Crippen LogP contribution in [-0.2, 0) is 6.54 Å². The summed E-state index contributed by atoms with van der Waals surface area (Å²) >= 11 is 3.38. The minimum Gasteiger partial charge on any atom is -0.364 e. The number of pyridine rings is 1. The molecule has 0 atom stereocenters. The van der Waals surface area contributed by atoms with Crippen molar-refractivity contribution in [1.82, 2.24) is 15.2 Å². The van der Waals surface area contributed by atoms with Crippen LogP contribution >= 0.6 is 15.9 Å². The van der Waals surface area contributed by atoms with E-state index in [4.69, 9.17) is 0 Å². The minimum atomic E-state index is 0.698. The molecule has 2 heterocycles. The molecule has 0 aliphatic rings. The van der Waals surface area contributed by atoms with E-state index in [-0.39, 0.29) is 0 Å². The van der Waals surface area contributed by atoms with Crippen molar-refractivity contribution in [3.63, 3.8) is 0 Å². The first-order valence-corrected chi connectivity index (χ1v) is 4.97. The molecule has 2 aromatic heterocycles. The Kier molecular flexibility index (Phi) is 2.78. The zero-order valence-electron chi connectivity index (χ0n) is 7.37. The smallest absolute Gasteiger partial charge is 0.127 e. The van der Waals surface area contributed by atoms with Gasteiger partial charge in [-0.3, -0.25) is 5.10 Å². The average molecular weight is 253 g/mol. The van der Waals surface area contributed by atoms with E-state index in [1.165, 1.54) is 0 Å². The van der Waals surface area contributed by atoms with Crippen LogP contribution in [0.4, 0.5) is 5.82 Å². The van der Waals surface area contributed by atoms with Crippen LogP contribution in [0.5, 0.6) is 0 Å². The first-order valence-electron chi connectivity index (χ1n) is 4.18. The van der Waals surface area contributed by atoms with Gasteiger partial charge in [0.2, 0.25) is 0 Å². The Hall–Kier alpha value is -1.36. The predicted molar refractivity (Wildman–Crippen MR) is 57.9 cm³/mol. The maximum Gasteiger partial charge on any atom is 0.127 e. The molecule has 0 aliphatic carbocycles. The lowest BCUT2D eigenvalue weighted by molar-refractivity contribution is 0.974. The summed E-state index contributed by atoms with van der Waals surface area (Å²) in [4.78, 5) is 4.16. The summed E-state index contributed by atoms with van der Waals surface area (Å²) in [5.74, 6) is 0.842. The fourth-order valence-electron chi connectivity index (χ4n) is 1.07. The highest BCUT2D eigenvalue weighted by Gasteiger charge is 1.96. The van der Waals surface area contributed by atoms with Gasteiger partial charge in [0.15, 0.2) is 0 Å². The molecule has 14 heavy (non-hydrogen) atoms. The number of halogens is 1. The molecule has 0 spiro atoms. The Morgan fingerprint density at radius 2 is 2.29 bits per heavy atom. The van der Waals surface area contributed by atoms with Gasteiger partial charge in [-0.05, 0) is 18.2 Å². The van der Waals surface area contributed by atoms with Crippen LogP contribution < -0.4 is 5.32 Å². The van der Waals surface area contributed by atoms with E-state index in [0.29, 0.717) is 6.54 Å². The highest BCUT2D eigenvalue weighted by molar-refractivity contribution is 9.10. The molecule has 0 unspecified atom stereocenters. The van der Waals surface area contributed by atoms with Crippen LogP contribution in [0.25, 0.3) is 0 Å². The lowest BCUT2D eigenvalue weighted by Crippen LogP contribution is -2.01. The van der Waals surface area contributed by atoms with Gasteiger partial charge in [0.25, 0.3) is 0 Å². The zero-order valence-corrected chi connectivity index (χ0v) is 8.95. The van der Waals surface area contributed by atoms with Crippen molar-refractivity contribution in [2.75, 3.05) is 5.32 Å². The van der Waals surface area contributed by atoms with Crippen LogP contribution in [-0.4, -0.2) is 15.2 Å². The molecule has 2 N–H and O–H groups in total. The second kappa shape index (κ2) is 4.23. The molecule has 0 radical (unpaired) electrons. The lowest BCUT2D eigenvalue weighted by Gasteiger charge is -2.03. The third-order valence-corrected chi connectivity index (χ3v) is 2.23. The fraction of sp³-hybridized carbons (Fsp3) is 0.111. The van der Waals surface area contributed by atoms with Gasteiger partial charge >= 0.3 is 0 Å². The molecule has 0 fully saturated rings. The van der Waals surface area contributed by atoms with E-state index in [9.17, 15) is 0 Å². The van der Waals surface area contributed by atoms with Gasteiger partial charge in [0, 0.05) is 16.9 Å². The van der Waals surface area contributed by atoms with Gasteiger partial charge < -0.3 is 5.32 Å². The number of hydrogen-bond acceptors (Lipinski definition) is 3. The molecule has 0 aliphatic heterocycles. The molecule has 0 aromatic carbocycles. The number of rotatable bonds is 3. The van der Waals surface area contributed by atoms with Crippen molar-refractivity contribution in [3.05, 3.63) is 40.8 Å². The molecule has 0 amide bonds. The van der Waals surface area contributed by atoms with Gasteiger partial charge in [-0.2, -0.15) is 5.10 Å². The topological polar surface area (TPSA) is 53.6 Å². The maximum atomic E-state index is 4.16. The Morgan fingerprint density at radius 1 is 1.36 bits per heavy atom. The first-order chi connectivity index (χ1) is 6.84. The molecule has 0 bridgehead atoms. The Labute approximate surface area is 89.9 Å². The third-order valence-electron chi connectivity index (χ3n) is 1.74. The van der Waals surface area contributed by atoms with Crippen molar-refractivity contribution in [1.29, 1.82) is 0 Å². The quantitative estimate of drug-likeness (QED) is 0.881. The molecular weight excluding hydrogens is 244 g/mol. The molecule has 0 saturated heterocycles. The zero-order chi connectivity index (χ0) is 9.80. The normalized spacial score (nSPS) is 10.1. The molecule has 2 aromatic rings. The van der Waals surface area contributed by atoms with Crippen LogP contribution in [0.15, 0.2) is 35.1 Å². The Bertz CT molecular complexity index is 399. The highest BCUT2D eigenvalue weighted by atomic mass is 79.9. The van der Waals surface area contributed by atoms with Gasteiger partial charge in [-0.15, -0.1) is 0 Å². The summed E-state index contributed by atoms with van der Waals surface area (Å²) in [6, 6.07) is 5.74. The Balaban J connectivity index is 1.98. The van der Waals surface area contributed by atoms with E-state index in [1.807, 2.05) is 18.2 Å². The number of anilines is 1. The van der Waals surface area contributed by atoms with Crippen LogP contribution in [0.1, 0.15) is 5.69 Å². The summed E-state index contributed by atoms with van der Waals surface area (Å²) in [6.07, 6.45) is 3.48. The molecular formula is C9H9BrN4. The van der Waals surface area contributed by atoms with Gasteiger partial charge in [-0.25, -0.2) is 4.98 Å². The highest BCUT2D eigenvalue weighted by Crippen LogP contribution is 2.12. The van der Waals surface area contributed by atoms with Crippen molar-refractivity contribution in [2.45, 2.75) is 6.54 Å². The number of H-pyrrole nitrogens is 1. The summed E-state index contributed by atoms with van der Waals surface area (Å²) in [7, 11) is 0. The van der Waals surface area contributed by atoms with E-state index < -0.39 is 0 Å². The first kappa shape index (κ1) is 9.21. The predicted octanol–water partition coefficient (Wildman–Crippen LogP) is 2.18. The number of aromatic nitrogens is 3. The molecule has 2 rings (SSSR count).